The van der Waals surface area contributed by atoms with Crippen molar-refractivity contribution >= 4 is 26.9 Å². The molecule has 0 amide bonds. The highest BCUT2D eigenvalue weighted by molar-refractivity contribution is 7.72. The van der Waals surface area contributed by atoms with Gasteiger partial charge in [-0.1, -0.05) is 60.7 Å². The number of hydrogen-bond donors (Lipinski definition) is 0. The molecule has 0 saturated heterocycles. The number of hydrogen-bond acceptors (Lipinski definition) is 1. The molecule has 0 saturated carbocycles. The van der Waals surface area contributed by atoms with Gasteiger partial charge in [-0.2, -0.15) is 0 Å². The van der Waals surface area contributed by atoms with Gasteiger partial charge in [-0.3, -0.25) is 0 Å². The van der Waals surface area contributed by atoms with Gasteiger partial charge in [-0.05, 0) is 48.2 Å². The number of rotatable bonds is 2. The minimum Gasteiger partial charge on any atom is -0.496 e. The smallest absolute Gasteiger partial charge is 0.127 e. The second-order valence-corrected chi connectivity index (χ2v) is 8.11. The van der Waals surface area contributed by atoms with Crippen molar-refractivity contribution in [3.8, 4) is 16.9 Å². The van der Waals surface area contributed by atoms with Crippen molar-refractivity contribution in [2.75, 3.05) is 7.11 Å². The molecule has 0 bridgehead atoms. The Morgan fingerprint density at radius 2 is 1.62 bits per heavy atom. The van der Waals surface area contributed by atoms with Gasteiger partial charge in [-0.15, -0.1) is 0 Å². The number of aryl methyl sites for hydroxylation is 1. The lowest BCUT2D eigenvalue weighted by atomic mass is 9.97. The lowest BCUT2D eigenvalue weighted by Crippen LogP contribution is -2.20. The van der Waals surface area contributed by atoms with Crippen LogP contribution in [0.1, 0.15) is 11.1 Å². The third-order valence-corrected chi connectivity index (χ3v) is 6.96. The molecule has 3 heteroatoms. The Balaban J connectivity index is 0.00000169. The zero-order valence-electron chi connectivity index (χ0n) is 14.0. The van der Waals surface area contributed by atoms with Gasteiger partial charge in [-0.25, -0.2) is 0 Å². The van der Waals surface area contributed by atoms with Gasteiger partial charge < -0.3 is 4.74 Å². The van der Waals surface area contributed by atoms with Crippen LogP contribution in [0.15, 0.2) is 66.7 Å². The third-order valence-electron chi connectivity index (χ3n) is 4.41. The highest BCUT2D eigenvalue weighted by atomic mass is 31.1. The standard InChI is InChI=1S/C21H19OP.B/c1-15-12-16-14-23(17-8-4-3-5-9-17)20-11-7-6-10-18(20)21(16)19(13-15)22-2;/h3-13H,14H2,1-2H3;/t23-;/m0./s1. The van der Waals surface area contributed by atoms with Crippen LogP contribution in [0.3, 0.4) is 0 Å². The van der Waals surface area contributed by atoms with Crippen molar-refractivity contribution in [2.45, 2.75) is 13.1 Å². The summed E-state index contributed by atoms with van der Waals surface area (Å²) >= 11 is 0. The SMILES string of the molecule is COc1cc(C)cc2c1-c1ccccc1[P@](c1ccccc1)C2.[B]. The van der Waals surface area contributed by atoms with Gasteiger partial charge in [0.2, 0.25) is 0 Å². The minimum absolute atomic E-state index is 0. The average Bonchev–Trinajstić information content (AvgIpc) is 2.60. The molecule has 0 N–H and O–H groups in total. The quantitative estimate of drug-likeness (QED) is 0.505. The number of fused-ring (bicyclic) bond motifs is 3. The van der Waals surface area contributed by atoms with Crippen LogP contribution in [0, 0.1) is 6.92 Å². The van der Waals surface area contributed by atoms with Gasteiger partial charge >= 0.3 is 0 Å². The summed E-state index contributed by atoms with van der Waals surface area (Å²) in [7, 11) is 1.42. The maximum absolute atomic E-state index is 5.70. The molecular formula is C21H19BOP. The Kier molecular flexibility index (Phi) is 4.78. The molecule has 0 aliphatic carbocycles. The summed E-state index contributed by atoms with van der Waals surface area (Å²) in [6.07, 6.45) is 1.09. The Hall–Kier alpha value is -2.05. The number of benzene rings is 3. The number of methoxy groups -OCH3 is 1. The van der Waals surface area contributed by atoms with Crippen molar-refractivity contribution in [3.05, 3.63) is 77.9 Å². The van der Waals surface area contributed by atoms with Crippen molar-refractivity contribution in [1.29, 1.82) is 0 Å². The molecule has 1 atom stereocenters. The highest BCUT2D eigenvalue weighted by Gasteiger charge is 2.27. The summed E-state index contributed by atoms with van der Waals surface area (Å²) in [5, 5.41) is 2.91. The van der Waals surface area contributed by atoms with Crippen LogP contribution in [0.5, 0.6) is 5.75 Å². The van der Waals surface area contributed by atoms with Crippen LogP contribution >= 0.6 is 7.92 Å². The largest absolute Gasteiger partial charge is 0.496 e. The van der Waals surface area contributed by atoms with Crippen LogP contribution in [-0.2, 0) is 6.16 Å². The Labute approximate surface area is 147 Å². The predicted molar refractivity (Wildman–Crippen MR) is 105 cm³/mol. The molecule has 0 aromatic heterocycles. The van der Waals surface area contributed by atoms with Crippen LogP contribution in [0.4, 0.5) is 0 Å². The van der Waals surface area contributed by atoms with Crippen LogP contribution in [0.25, 0.3) is 11.1 Å². The molecule has 4 rings (SSSR count). The summed E-state index contributed by atoms with van der Waals surface area (Å²) in [5.41, 5.74) is 5.29. The second kappa shape index (κ2) is 6.83. The zero-order chi connectivity index (χ0) is 15.8. The lowest BCUT2D eigenvalue weighted by molar-refractivity contribution is 0.416. The van der Waals surface area contributed by atoms with E-state index in [4.69, 9.17) is 4.74 Å². The third kappa shape index (κ3) is 2.76. The van der Waals surface area contributed by atoms with E-state index in [0.29, 0.717) is 0 Å². The van der Waals surface area contributed by atoms with Crippen molar-refractivity contribution < 1.29 is 4.74 Å². The molecule has 0 fully saturated rings. The Bertz CT molecular complexity index is 861. The van der Waals surface area contributed by atoms with Crippen LogP contribution in [-0.4, -0.2) is 15.5 Å². The fourth-order valence-electron chi connectivity index (χ4n) is 3.43. The van der Waals surface area contributed by atoms with E-state index in [1.54, 1.807) is 7.11 Å². The Morgan fingerprint density at radius 1 is 0.917 bits per heavy atom. The first-order valence-electron chi connectivity index (χ1n) is 7.87. The Morgan fingerprint density at radius 3 is 2.38 bits per heavy atom. The molecule has 1 aliphatic heterocycles. The van der Waals surface area contributed by atoms with E-state index < -0.39 is 0 Å². The zero-order valence-corrected chi connectivity index (χ0v) is 14.9. The van der Waals surface area contributed by atoms with Gasteiger partial charge in [0.25, 0.3) is 0 Å². The van der Waals surface area contributed by atoms with Gasteiger partial charge in [0, 0.05) is 20.1 Å². The first-order valence-corrected chi connectivity index (χ1v) is 9.40. The van der Waals surface area contributed by atoms with Crippen molar-refractivity contribution in [3.63, 3.8) is 0 Å². The number of ether oxygens (including phenoxy) is 1. The molecule has 3 aromatic rings. The average molecular weight is 329 g/mol. The molecule has 1 aliphatic rings. The summed E-state index contributed by atoms with van der Waals surface area (Å²) in [5.74, 6) is 0.996. The fourth-order valence-corrected chi connectivity index (χ4v) is 5.93. The predicted octanol–water partition coefficient (Wildman–Crippen LogP) is 4.24. The van der Waals surface area contributed by atoms with E-state index in [-0.39, 0.29) is 16.3 Å². The molecule has 0 unspecified atom stereocenters. The summed E-state index contributed by atoms with van der Waals surface area (Å²) in [4.78, 5) is 0. The summed E-state index contributed by atoms with van der Waals surface area (Å²) < 4.78 is 5.70. The molecule has 1 heterocycles. The van der Waals surface area contributed by atoms with Crippen molar-refractivity contribution in [2.24, 2.45) is 0 Å². The molecule has 117 valence electrons. The normalized spacial score (nSPS) is 15.0. The molecular weight excluding hydrogens is 310 g/mol. The molecule has 3 radical (unpaired) electrons. The molecule has 24 heavy (non-hydrogen) atoms. The maximum Gasteiger partial charge on any atom is 0.127 e. The fraction of sp³-hybridized carbons (Fsp3) is 0.143. The van der Waals surface area contributed by atoms with Crippen LogP contribution < -0.4 is 15.3 Å². The van der Waals surface area contributed by atoms with E-state index in [0.717, 1.165) is 11.9 Å². The van der Waals surface area contributed by atoms with E-state index in [9.17, 15) is 0 Å². The first-order chi connectivity index (χ1) is 11.3. The second-order valence-electron chi connectivity index (χ2n) is 5.94. The first kappa shape index (κ1) is 16.8. The van der Waals surface area contributed by atoms with Gasteiger partial charge in [0.1, 0.15) is 5.75 Å². The summed E-state index contributed by atoms with van der Waals surface area (Å²) in [6, 6.07) is 24.2. The highest BCUT2D eigenvalue weighted by Crippen LogP contribution is 2.50. The monoisotopic (exact) mass is 329 g/mol. The van der Waals surface area contributed by atoms with E-state index in [1.807, 2.05) is 0 Å². The summed E-state index contributed by atoms with van der Waals surface area (Å²) in [6.45, 7) is 2.15. The van der Waals surface area contributed by atoms with Gasteiger partial charge in [0.15, 0.2) is 0 Å². The maximum atomic E-state index is 5.70. The minimum atomic E-state index is -0.355. The molecule has 3 aromatic carbocycles. The lowest BCUT2D eigenvalue weighted by Gasteiger charge is -2.30. The van der Waals surface area contributed by atoms with E-state index in [1.165, 1.54) is 32.9 Å². The van der Waals surface area contributed by atoms with Crippen molar-refractivity contribution in [1.82, 2.24) is 0 Å². The van der Waals surface area contributed by atoms with Crippen LogP contribution in [0.2, 0.25) is 0 Å². The molecule has 0 spiro atoms. The van der Waals surface area contributed by atoms with Gasteiger partial charge in [0.05, 0.1) is 7.11 Å². The van der Waals surface area contributed by atoms with E-state index >= 15 is 0 Å². The topological polar surface area (TPSA) is 9.23 Å². The molecule has 1 nitrogen and oxygen atoms in total. The van der Waals surface area contributed by atoms with E-state index in [2.05, 4.69) is 73.7 Å².